The van der Waals surface area contributed by atoms with Crippen LogP contribution in [0.1, 0.15) is 111 Å². The number of rotatable bonds is 8. The lowest BCUT2D eigenvalue weighted by Gasteiger charge is -2.61. The molecule has 1 spiro atoms. The van der Waals surface area contributed by atoms with Crippen molar-refractivity contribution in [3.8, 4) is 0 Å². The molecule has 1 aromatic rings. The van der Waals surface area contributed by atoms with Gasteiger partial charge in [0.25, 0.3) is 0 Å². The second kappa shape index (κ2) is 9.89. The molecular weight excluding hydrogens is 458 g/mol. The number of hydrogen-bond donors (Lipinski definition) is 1. The summed E-state index contributed by atoms with van der Waals surface area (Å²) in [6, 6.07) is 11.9. The topological polar surface area (TPSA) is 12.0 Å². The molecule has 2 heteroatoms. The first-order valence-electron chi connectivity index (χ1n) is 15.6. The van der Waals surface area contributed by atoms with Crippen molar-refractivity contribution in [2.45, 2.75) is 118 Å². The van der Waals surface area contributed by atoms with Crippen molar-refractivity contribution in [3.63, 3.8) is 0 Å². The van der Waals surface area contributed by atoms with Crippen LogP contribution in [0.4, 0.5) is 0 Å². The molecule has 5 aliphatic carbocycles. The Balaban J connectivity index is 0.00000267. The average Bonchev–Trinajstić information content (AvgIpc) is 3.34. The first-order valence-corrected chi connectivity index (χ1v) is 15.6. The minimum Gasteiger partial charge on any atom is -0.309 e. The highest BCUT2D eigenvalue weighted by molar-refractivity contribution is 5.85. The van der Waals surface area contributed by atoms with Gasteiger partial charge in [-0.3, -0.25) is 0 Å². The van der Waals surface area contributed by atoms with Crippen LogP contribution >= 0.6 is 12.4 Å². The zero-order valence-corrected chi connectivity index (χ0v) is 24.7. The van der Waals surface area contributed by atoms with Gasteiger partial charge in [0.05, 0.1) is 0 Å². The molecule has 5 fully saturated rings. The first kappa shape index (κ1) is 27.1. The van der Waals surface area contributed by atoms with Crippen molar-refractivity contribution in [1.29, 1.82) is 0 Å². The zero-order chi connectivity index (χ0) is 24.4. The number of fused-ring (bicyclic) bond motifs is 4. The smallest absolute Gasteiger partial charge is 0.0208 e. The molecule has 1 N–H and O–H groups in total. The molecule has 0 bridgehead atoms. The molecule has 0 aliphatic heterocycles. The van der Waals surface area contributed by atoms with E-state index >= 15 is 0 Å². The van der Waals surface area contributed by atoms with Gasteiger partial charge in [-0.2, -0.15) is 0 Å². The third-order valence-corrected chi connectivity index (χ3v) is 13.2. The highest BCUT2D eigenvalue weighted by atomic mass is 35.5. The van der Waals surface area contributed by atoms with E-state index in [4.69, 9.17) is 0 Å². The molecule has 0 aromatic heterocycles. The molecule has 1 aromatic carbocycles. The Kier molecular flexibility index (Phi) is 7.44. The van der Waals surface area contributed by atoms with Gasteiger partial charge in [-0.05, 0) is 115 Å². The van der Waals surface area contributed by atoms with Crippen LogP contribution in [0.25, 0.3) is 0 Å². The summed E-state index contributed by atoms with van der Waals surface area (Å²) in [5.74, 6) is 6.70. The SMILES string of the molecule is CC(C)CCC[C@@H](C)[C@H]1CC[C@H]2[C@@H]3C[C@@H](NCc4ccccc4)[C@]45CC4CC[C@]5(C)[C@H]3CC[C@]12C.Cl. The van der Waals surface area contributed by atoms with Gasteiger partial charge < -0.3 is 5.32 Å². The normalized spacial score (nSPS) is 45.3. The molecule has 1 nitrogen and oxygen atoms in total. The second-order valence-corrected chi connectivity index (χ2v) is 15.0. The van der Waals surface area contributed by atoms with E-state index in [0.717, 1.165) is 54.0 Å². The van der Waals surface area contributed by atoms with Crippen LogP contribution < -0.4 is 5.32 Å². The van der Waals surface area contributed by atoms with Gasteiger partial charge in [0, 0.05) is 12.6 Å². The Labute approximate surface area is 228 Å². The highest BCUT2D eigenvalue weighted by Crippen LogP contribution is 2.81. The summed E-state index contributed by atoms with van der Waals surface area (Å²) in [6.45, 7) is 14.0. The van der Waals surface area contributed by atoms with Gasteiger partial charge in [0.2, 0.25) is 0 Å². The van der Waals surface area contributed by atoms with E-state index in [9.17, 15) is 0 Å². The van der Waals surface area contributed by atoms with Crippen LogP contribution in [0.3, 0.4) is 0 Å². The maximum absolute atomic E-state index is 4.21. The predicted molar refractivity (Wildman–Crippen MR) is 155 cm³/mol. The Morgan fingerprint density at radius 1 is 0.917 bits per heavy atom. The standard InChI is InChI=1S/C34H53N.ClH/c1-23(2)10-9-11-24(3)28-14-15-29-27-20-31(35-22-25-12-7-6-8-13-25)34-21-26(34)16-19-33(34,5)30(27)17-18-32(28,29)4;/h6-8,12-13,23-24,26-31,35H,9-11,14-22H2,1-5H3;1H/t24-,26?,27+,28-,29+,30+,31-,32-,33-,34+;/m1./s1. The monoisotopic (exact) mass is 511 g/mol. The Morgan fingerprint density at radius 3 is 2.42 bits per heavy atom. The second-order valence-electron chi connectivity index (χ2n) is 15.0. The summed E-state index contributed by atoms with van der Waals surface area (Å²) in [4.78, 5) is 0. The van der Waals surface area contributed by atoms with E-state index < -0.39 is 0 Å². The fraction of sp³-hybridized carbons (Fsp3) is 0.824. The van der Waals surface area contributed by atoms with Crippen LogP contribution in [-0.4, -0.2) is 6.04 Å². The summed E-state index contributed by atoms with van der Waals surface area (Å²) in [5.41, 5.74) is 3.29. The summed E-state index contributed by atoms with van der Waals surface area (Å²) in [7, 11) is 0. The number of hydrogen-bond acceptors (Lipinski definition) is 1. The molecule has 1 unspecified atom stereocenters. The van der Waals surface area contributed by atoms with Gasteiger partial charge in [0.1, 0.15) is 0 Å². The largest absolute Gasteiger partial charge is 0.309 e. The predicted octanol–water partition coefficient (Wildman–Crippen LogP) is 9.30. The van der Waals surface area contributed by atoms with Gasteiger partial charge in [-0.1, -0.05) is 84.2 Å². The van der Waals surface area contributed by atoms with Crippen molar-refractivity contribution >= 4 is 12.4 Å². The first-order chi connectivity index (χ1) is 16.8. The van der Waals surface area contributed by atoms with E-state index in [2.05, 4.69) is 70.3 Å². The molecule has 5 aliphatic rings. The van der Waals surface area contributed by atoms with E-state index in [-0.39, 0.29) is 12.4 Å². The van der Waals surface area contributed by atoms with E-state index in [0.29, 0.717) is 16.2 Å². The number of halogens is 1. The van der Waals surface area contributed by atoms with Crippen molar-refractivity contribution in [2.75, 3.05) is 0 Å². The summed E-state index contributed by atoms with van der Waals surface area (Å²) >= 11 is 0. The molecular formula is C34H54ClN. The lowest BCUT2D eigenvalue weighted by Crippen LogP contribution is -2.59. The summed E-state index contributed by atoms with van der Waals surface area (Å²) in [5, 5.41) is 4.21. The fourth-order valence-electron chi connectivity index (χ4n) is 11.5. The Bertz CT molecular complexity index is 898. The van der Waals surface area contributed by atoms with Crippen molar-refractivity contribution < 1.29 is 0 Å². The minimum absolute atomic E-state index is 0. The Morgan fingerprint density at radius 2 is 1.69 bits per heavy atom. The van der Waals surface area contributed by atoms with Crippen LogP contribution in [0.15, 0.2) is 30.3 Å². The van der Waals surface area contributed by atoms with E-state index in [1.807, 2.05) is 0 Å². The lowest BCUT2D eigenvalue weighted by molar-refractivity contribution is -0.117. The van der Waals surface area contributed by atoms with Gasteiger partial charge in [-0.25, -0.2) is 0 Å². The maximum Gasteiger partial charge on any atom is 0.0208 e. The van der Waals surface area contributed by atoms with Crippen LogP contribution in [0, 0.1) is 57.7 Å². The third kappa shape index (κ3) is 4.04. The molecule has 0 saturated heterocycles. The Hall–Kier alpha value is -0.530. The van der Waals surface area contributed by atoms with Gasteiger partial charge in [0.15, 0.2) is 0 Å². The van der Waals surface area contributed by atoms with Gasteiger partial charge >= 0.3 is 0 Å². The van der Waals surface area contributed by atoms with Crippen molar-refractivity contribution in [3.05, 3.63) is 35.9 Å². The molecule has 0 heterocycles. The minimum atomic E-state index is 0. The van der Waals surface area contributed by atoms with Crippen LogP contribution in [0.2, 0.25) is 0 Å². The molecule has 6 rings (SSSR count). The molecule has 202 valence electrons. The van der Waals surface area contributed by atoms with Crippen molar-refractivity contribution in [2.24, 2.45) is 57.7 Å². The quantitative estimate of drug-likeness (QED) is 0.366. The zero-order valence-electron chi connectivity index (χ0n) is 23.9. The lowest BCUT2D eigenvalue weighted by atomic mass is 9.44. The summed E-state index contributed by atoms with van der Waals surface area (Å²) < 4.78 is 0. The molecule has 0 amide bonds. The number of benzene rings is 1. The molecule has 36 heavy (non-hydrogen) atoms. The average molecular weight is 512 g/mol. The van der Waals surface area contributed by atoms with Gasteiger partial charge in [-0.15, -0.1) is 12.4 Å². The van der Waals surface area contributed by atoms with Crippen LogP contribution in [-0.2, 0) is 6.54 Å². The highest BCUT2D eigenvalue weighted by Gasteiger charge is 2.77. The fourth-order valence-corrected chi connectivity index (χ4v) is 11.5. The molecule has 5 saturated carbocycles. The van der Waals surface area contributed by atoms with Crippen LogP contribution in [0.5, 0.6) is 0 Å². The number of nitrogens with one attached hydrogen (secondary N) is 1. The molecule has 0 radical (unpaired) electrons. The molecule has 10 atom stereocenters. The maximum atomic E-state index is 4.21. The summed E-state index contributed by atoms with van der Waals surface area (Å²) in [6.07, 6.45) is 16.4. The van der Waals surface area contributed by atoms with Crippen molar-refractivity contribution in [1.82, 2.24) is 5.32 Å². The van der Waals surface area contributed by atoms with E-state index in [1.54, 1.807) is 0 Å². The van der Waals surface area contributed by atoms with E-state index in [1.165, 1.54) is 76.2 Å². The third-order valence-electron chi connectivity index (χ3n) is 13.2.